The summed E-state index contributed by atoms with van der Waals surface area (Å²) in [6.07, 6.45) is 7.64. The zero-order valence-corrected chi connectivity index (χ0v) is 10.5. The van der Waals surface area contributed by atoms with Crippen LogP contribution in [0.4, 0.5) is 0 Å². The van der Waals surface area contributed by atoms with E-state index in [-0.39, 0.29) is 12.2 Å². The van der Waals surface area contributed by atoms with Gasteiger partial charge in [0.05, 0.1) is 12.2 Å². The lowest BCUT2D eigenvalue weighted by molar-refractivity contribution is -0.130. The number of carbonyl (C=O) groups is 1. The second-order valence-electron chi connectivity index (χ2n) is 5.30. The average Bonchev–Trinajstić information content (AvgIpc) is 2.43. The van der Waals surface area contributed by atoms with E-state index >= 15 is 0 Å². The van der Waals surface area contributed by atoms with E-state index in [9.17, 15) is 4.79 Å². The number of carbonyl (C=O) groups excluding carboxylic acids is 1. The van der Waals surface area contributed by atoms with E-state index in [1.807, 2.05) is 4.90 Å². The highest BCUT2D eigenvalue weighted by molar-refractivity contribution is 5.84. The highest BCUT2D eigenvalue weighted by atomic mass is 16.2. The number of nitrogens with one attached hydrogen (secondary N) is 1. The van der Waals surface area contributed by atoms with Crippen LogP contribution >= 0.6 is 0 Å². The summed E-state index contributed by atoms with van der Waals surface area (Å²) >= 11 is 0. The summed E-state index contributed by atoms with van der Waals surface area (Å²) in [5.74, 6) is 1.22. The van der Waals surface area contributed by atoms with Gasteiger partial charge in [0.2, 0.25) is 5.91 Å². The van der Waals surface area contributed by atoms with Crippen LogP contribution in [0.3, 0.4) is 0 Å². The van der Waals surface area contributed by atoms with Gasteiger partial charge in [0.15, 0.2) is 0 Å². The van der Waals surface area contributed by atoms with Crippen molar-refractivity contribution in [3.63, 3.8) is 0 Å². The van der Waals surface area contributed by atoms with E-state index in [2.05, 4.69) is 19.2 Å². The van der Waals surface area contributed by atoms with Gasteiger partial charge in [-0.2, -0.15) is 0 Å². The average molecular weight is 224 g/mol. The van der Waals surface area contributed by atoms with Gasteiger partial charge < -0.3 is 4.90 Å². The SMILES string of the molecule is CCCC1NC(C)N(CCC2CCC2)C1=O. The molecular formula is C13H24N2O. The lowest BCUT2D eigenvalue weighted by Gasteiger charge is -2.29. The molecule has 0 aromatic carbocycles. The highest BCUT2D eigenvalue weighted by Gasteiger charge is 2.35. The molecule has 1 aliphatic heterocycles. The first-order valence-corrected chi connectivity index (χ1v) is 6.79. The van der Waals surface area contributed by atoms with E-state index < -0.39 is 0 Å². The zero-order chi connectivity index (χ0) is 11.5. The molecule has 3 heteroatoms. The third-order valence-electron chi connectivity index (χ3n) is 4.07. The summed E-state index contributed by atoms with van der Waals surface area (Å²) in [6, 6.07) is 0.0846. The Morgan fingerprint density at radius 1 is 1.38 bits per heavy atom. The van der Waals surface area contributed by atoms with Crippen molar-refractivity contribution >= 4 is 5.91 Å². The fourth-order valence-electron chi connectivity index (χ4n) is 2.75. The van der Waals surface area contributed by atoms with E-state index in [1.165, 1.54) is 25.7 Å². The molecule has 1 aliphatic carbocycles. The predicted molar refractivity (Wildman–Crippen MR) is 65.0 cm³/mol. The molecule has 1 heterocycles. The van der Waals surface area contributed by atoms with E-state index in [1.54, 1.807) is 0 Å². The van der Waals surface area contributed by atoms with Crippen LogP contribution in [0.2, 0.25) is 0 Å². The molecule has 1 saturated carbocycles. The van der Waals surface area contributed by atoms with Crippen molar-refractivity contribution in [2.24, 2.45) is 5.92 Å². The molecule has 0 bridgehead atoms. The molecule has 16 heavy (non-hydrogen) atoms. The molecule has 0 spiro atoms. The molecule has 92 valence electrons. The number of nitrogens with zero attached hydrogens (tertiary/aromatic N) is 1. The summed E-state index contributed by atoms with van der Waals surface area (Å²) in [5.41, 5.74) is 0. The van der Waals surface area contributed by atoms with Gasteiger partial charge in [0, 0.05) is 6.54 Å². The van der Waals surface area contributed by atoms with Gasteiger partial charge >= 0.3 is 0 Å². The van der Waals surface area contributed by atoms with Crippen LogP contribution in [0.25, 0.3) is 0 Å². The lowest BCUT2D eigenvalue weighted by atomic mass is 9.83. The minimum Gasteiger partial charge on any atom is -0.326 e. The molecule has 2 atom stereocenters. The third-order valence-corrected chi connectivity index (χ3v) is 4.07. The fraction of sp³-hybridized carbons (Fsp3) is 0.923. The number of hydrogen-bond donors (Lipinski definition) is 1. The maximum atomic E-state index is 12.1. The summed E-state index contributed by atoms with van der Waals surface area (Å²) in [7, 11) is 0. The van der Waals surface area contributed by atoms with Crippen molar-refractivity contribution in [3.05, 3.63) is 0 Å². The Balaban J connectivity index is 1.81. The Morgan fingerprint density at radius 3 is 2.69 bits per heavy atom. The Bertz CT molecular complexity index is 250. The molecule has 2 rings (SSSR count). The van der Waals surface area contributed by atoms with Gasteiger partial charge in [-0.25, -0.2) is 0 Å². The third kappa shape index (κ3) is 2.40. The molecular weight excluding hydrogens is 200 g/mol. The van der Waals surface area contributed by atoms with Gasteiger partial charge in [-0.15, -0.1) is 0 Å². The smallest absolute Gasteiger partial charge is 0.241 e. The fourth-order valence-corrected chi connectivity index (χ4v) is 2.75. The van der Waals surface area contributed by atoms with Crippen molar-refractivity contribution < 1.29 is 4.79 Å². The second-order valence-corrected chi connectivity index (χ2v) is 5.30. The van der Waals surface area contributed by atoms with Gasteiger partial charge in [-0.05, 0) is 25.7 Å². The molecule has 3 nitrogen and oxygen atoms in total. The van der Waals surface area contributed by atoms with Crippen LogP contribution in [0.1, 0.15) is 52.4 Å². The van der Waals surface area contributed by atoms with Crippen molar-refractivity contribution in [2.45, 2.75) is 64.6 Å². The van der Waals surface area contributed by atoms with Crippen LogP contribution < -0.4 is 5.32 Å². The quantitative estimate of drug-likeness (QED) is 0.776. The molecule has 1 N–H and O–H groups in total. The molecule has 0 aromatic rings. The van der Waals surface area contributed by atoms with Crippen LogP contribution in [0.15, 0.2) is 0 Å². The Morgan fingerprint density at radius 2 is 2.12 bits per heavy atom. The first kappa shape index (κ1) is 11.9. The summed E-state index contributed by atoms with van der Waals surface area (Å²) < 4.78 is 0. The topological polar surface area (TPSA) is 32.3 Å². The van der Waals surface area contributed by atoms with Crippen molar-refractivity contribution in [1.82, 2.24) is 10.2 Å². The van der Waals surface area contributed by atoms with Crippen LogP contribution in [0, 0.1) is 5.92 Å². The van der Waals surface area contributed by atoms with Crippen molar-refractivity contribution in [3.8, 4) is 0 Å². The predicted octanol–water partition coefficient (Wildman–Crippen LogP) is 2.12. The van der Waals surface area contributed by atoms with Crippen molar-refractivity contribution in [1.29, 1.82) is 0 Å². The van der Waals surface area contributed by atoms with E-state index in [4.69, 9.17) is 0 Å². The number of amides is 1. The maximum absolute atomic E-state index is 12.1. The highest BCUT2D eigenvalue weighted by Crippen LogP contribution is 2.30. The molecule has 1 saturated heterocycles. The van der Waals surface area contributed by atoms with Crippen LogP contribution in [0.5, 0.6) is 0 Å². The lowest BCUT2D eigenvalue weighted by Crippen LogP contribution is -2.36. The Kier molecular flexibility index (Phi) is 3.85. The van der Waals surface area contributed by atoms with Gasteiger partial charge in [-0.1, -0.05) is 32.6 Å². The first-order chi connectivity index (χ1) is 7.72. The zero-order valence-electron chi connectivity index (χ0n) is 10.5. The van der Waals surface area contributed by atoms with E-state index in [0.717, 1.165) is 25.3 Å². The van der Waals surface area contributed by atoms with Gasteiger partial charge in [0.25, 0.3) is 0 Å². The molecule has 1 amide bonds. The van der Waals surface area contributed by atoms with Gasteiger partial charge in [0.1, 0.15) is 0 Å². The molecule has 0 aromatic heterocycles. The molecule has 0 radical (unpaired) electrons. The maximum Gasteiger partial charge on any atom is 0.241 e. The minimum atomic E-state index is 0.0846. The largest absolute Gasteiger partial charge is 0.326 e. The first-order valence-electron chi connectivity index (χ1n) is 6.79. The van der Waals surface area contributed by atoms with Crippen LogP contribution in [-0.2, 0) is 4.79 Å². The number of rotatable bonds is 5. The monoisotopic (exact) mass is 224 g/mol. The second kappa shape index (κ2) is 5.17. The summed E-state index contributed by atoms with van der Waals surface area (Å²) in [4.78, 5) is 14.1. The number of hydrogen-bond acceptors (Lipinski definition) is 2. The molecule has 2 aliphatic rings. The normalized spacial score (nSPS) is 30.9. The standard InChI is InChI=1S/C13H24N2O/c1-3-5-12-13(16)15(10(2)14-12)9-8-11-6-4-7-11/h10-12,14H,3-9H2,1-2H3. The van der Waals surface area contributed by atoms with E-state index in [0.29, 0.717) is 5.91 Å². The minimum absolute atomic E-state index is 0.0846. The van der Waals surface area contributed by atoms with Crippen LogP contribution in [-0.4, -0.2) is 29.6 Å². The molecule has 2 fully saturated rings. The van der Waals surface area contributed by atoms with Crippen molar-refractivity contribution in [2.75, 3.05) is 6.54 Å². The summed E-state index contributed by atoms with van der Waals surface area (Å²) in [5, 5.41) is 3.39. The Hall–Kier alpha value is -0.570. The molecule has 2 unspecified atom stereocenters. The van der Waals surface area contributed by atoms with Gasteiger partial charge in [-0.3, -0.25) is 10.1 Å². The summed E-state index contributed by atoms with van der Waals surface area (Å²) in [6.45, 7) is 5.20. The Labute approximate surface area is 98.6 Å².